The molecule has 0 spiro atoms. The van der Waals surface area contributed by atoms with Gasteiger partial charge in [-0.25, -0.2) is 9.78 Å². The van der Waals surface area contributed by atoms with Crippen LogP contribution >= 0.6 is 0 Å². The summed E-state index contributed by atoms with van der Waals surface area (Å²) in [6, 6.07) is -0.798. The van der Waals surface area contributed by atoms with Crippen molar-refractivity contribution in [3.05, 3.63) is 41.6 Å². The van der Waals surface area contributed by atoms with Crippen LogP contribution in [0.4, 0.5) is 0 Å². The molecule has 35 heavy (non-hydrogen) atoms. The maximum Gasteiger partial charge on any atom is 0.326 e. The summed E-state index contributed by atoms with van der Waals surface area (Å²) in [6.45, 7) is 15.6. The highest BCUT2D eigenvalue weighted by atomic mass is 28.4. The van der Waals surface area contributed by atoms with Crippen molar-refractivity contribution in [1.29, 1.82) is 0 Å². The minimum atomic E-state index is -1.98. The van der Waals surface area contributed by atoms with Gasteiger partial charge in [-0.3, -0.25) is 4.79 Å². The number of rotatable bonds is 11. The number of nitrogens with two attached hydrogens (primary N) is 1. The number of carboxylic acids is 1. The van der Waals surface area contributed by atoms with Crippen LogP contribution in [0.3, 0.4) is 0 Å². The molecule has 0 aromatic carbocycles. The zero-order valence-electron chi connectivity index (χ0n) is 22.3. The van der Waals surface area contributed by atoms with Gasteiger partial charge in [0.25, 0.3) is 5.91 Å². The maximum absolute atomic E-state index is 12.7. The summed E-state index contributed by atoms with van der Waals surface area (Å²) in [5.41, 5.74) is 7.12. The topological polar surface area (TPSA) is 119 Å². The predicted molar refractivity (Wildman–Crippen MR) is 140 cm³/mol. The van der Waals surface area contributed by atoms with Crippen molar-refractivity contribution in [3.8, 4) is 0 Å². The van der Waals surface area contributed by atoms with Crippen LogP contribution in [0, 0.1) is 0 Å². The molecule has 1 aromatic heterocycles. The van der Waals surface area contributed by atoms with E-state index in [1.54, 1.807) is 0 Å². The Bertz CT molecular complexity index is 930. The van der Waals surface area contributed by atoms with Gasteiger partial charge in [-0.1, -0.05) is 44.6 Å². The first kappa shape index (κ1) is 29.0. The molecule has 3 atom stereocenters. The number of nitrogens with zero attached hydrogens (tertiary/aromatic N) is 2. The number of likely N-dealkylation sites (tertiary alicyclic amines) is 1. The summed E-state index contributed by atoms with van der Waals surface area (Å²) >= 11 is 0. The molecule has 8 nitrogen and oxygen atoms in total. The van der Waals surface area contributed by atoms with Gasteiger partial charge in [0.2, 0.25) is 0 Å². The molecule has 1 aliphatic heterocycles. The molecule has 3 N–H and O–H groups in total. The minimum absolute atomic E-state index is 0.00798. The molecule has 0 radical (unpaired) electrons. The van der Waals surface area contributed by atoms with E-state index in [0.29, 0.717) is 31.7 Å². The van der Waals surface area contributed by atoms with Crippen molar-refractivity contribution in [3.63, 3.8) is 0 Å². The molecule has 1 saturated heterocycles. The Morgan fingerprint density at radius 2 is 2.09 bits per heavy atom. The molecular weight excluding hydrogens is 462 g/mol. The van der Waals surface area contributed by atoms with E-state index in [1.807, 2.05) is 19.1 Å². The average molecular weight is 506 g/mol. The van der Waals surface area contributed by atoms with Crippen molar-refractivity contribution < 1.29 is 23.5 Å². The first-order chi connectivity index (χ1) is 16.2. The van der Waals surface area contributed by atoms with Crippen LogP contribution in [0.5, 0.6) is 0 Å². The van der Waals surface area contributed by atoms with Gasteiger partial charge in [-0.2, -0.15) is 0 Å². The third-order valence-corrected chi connectivity index (χ3v) is 11.3. The number of aromatic nitrogens is 1. The van der Waals surface area contributed by atoms with Crippen LogP contribution in [0.2, 0.25) is 18.1 Å². The van der Waals surface area contributed by atoms with E-state index in [0.717, 1.165) is 18.4 Å². The van der Waals surface area contributed by atoms with Gasteiger partial charge in [-0.05, 0) is 57.7 Å². The van der Waals surface area contributed by atoms with Crippen LogP contribution in [0.25, 0.3) is 0 Å². The quantitative estimate of drug-likeness (QED) is 0.323. The van der Waals surface area contributed by atoms with Gasteiger partial charge in [0.1, 0.15) is 12.3 Å². The number of carbonyl (C=O) groups is 2. The van der Waals surface area contributed by atoms with E-state index in [2.05, 4.69) is 51.8 Å². The highest BCUT2D eigenvalue weighted by molar-refractivity contribution is 6.74. The molecule has 2 rings (SSSR count). The zero-order chi connectivity index (χ0) is 26.4. The van der Waals surface area contributed by atoms with Crippen LogP contribution in [-0.2, 0) is 15.6 Å². The standard InChI is InChI=1S/C26H43N3O5Si/c1-18(13-14-19(2)27)16-20(34-35(6,7)26(3,4)5)10-8-12-23-28-21(17-33-23)24(30)29-15-9-11-22(29)25(31)32/h13-14,16-17,19-20,22H,8-12,15,27H2,1-7H3,(H,31,32)/b14-13+,18-16+/t19-,20-,22+/m0/s1. The van der Waals surface area contributed by atoms with Crippen LogP contribution in [-0.4, -0.2) is 59.9 Å². The lowest BCUT2D eigenvalue weighted by molar-refractivity contribution is -0.141. The molecule has 196 valence electrons. The summed E-state index contributed by atoms with van der Waals surface area (Å²) in [7, 11) is -1.98. The number of carboxylic acid groups (broad SMARTS) is 1. The molecule has 1 aromatic rings. The Morgan fingerprint density at radius 1 is 1.40 bits per heavy atom. The lowest BCUT2D eigenvalue weighted by Gasteiger charge is -2.38. The number of oxazole rings is 1. The fourth-order valence-electron chi connectivity index (χ4n) is 3.78. The second kappa shape index (κ2) is 12.1. The number of carbonyl (C=O) groups excluding carboxylic acids is 1. The Balaban J connectivity index is 2.05. The van der Waals surface area contributed by atoms with Crippen molar-refractivity contribution >= 4 is 20.2 Å². The third-order valence-electron chi connectivity index (χ3n) is 6.81. The smallest absolute Gasteiger partial charge is 0.326 e. The summed E-state index contributed by atoms with van der Waals surface area (Å²) < 4.78 is 12.2. The average Bonchev–Trinajstić information content (AvgIpc) is 3.40. The summed E-state index contributed by atoms with van der Waals surface area (Å²) in [5, 5.41) is 9.44. The maximum atomic E-state index is 12.7. The van der Waals surface area contributed by atoms with Crippen molar-refractivity contribution in [2.45, 2.75) is 103 Å². The molecule has 9 heteroatoms. The molecule has 1 amide bonds. The molecule has 2 heterocycles. The number of amides is 1. The first-order valence-electron chi connectivity index (χ1n) is 12.5. The molecule has 0 saturated carbocycles. The lowest BCUT2D eigenvalue weighted by atomic mass is 10.1. The molecular formula is C26H43N3O5Si. The van der Waals surface area contributed by atoms with E-state index in [-0.39, 0.29) is 28.8 Å². The number of aliphatic carboxylic acids is 1. The van der Waals surface area contributed by atoms with Gasteiger partial charge >= 0.3 is 5.97 Å². The Labute approximate surface area is 210 Å². The normalized spacial score (nSPS) is 19.4. The number of hydrogen-bond donors (Lipinski definition) is 2. The second-order valence-corrected chi connectivity index (χ2v) is 15.8. The highest BCUT2D eigenvalue weighted by Crippen LogP contribution is 2.38. The third kappa shape index (κ3) is 8.43. The van der Waals surface area contributed by atoms with Gasteiger partial charge in [-0.15, -0.1) is 0 Å². The van der Waals surface area contributed by atoms with E-state index < -0.39 is 20.3 Å². The van der Waals surface area contributed by atoms with Crippen molar-refractivity contribution in [2.24, 2.45) is 5.73 Å². The molecule has 0 bridgehead atoms. The van der Waals surface area contributed by atoms with Crippen molar-refractivity contribution in [2.75, 3.05) is 6.54 Å². The summed E-state index contributed by atoms with van der Waals surface area (Å²) in [5.74, 6) is -0.891. The fraction of sp³-hybridized carbons (Fsp3) is 0.654. The predicted octanol–water partition coefficient (Wildman–Crippen LogP) is 4.93. The molecule has 1 fully saturated rings. The molecule has 1 aliphatic rings. The Morgan fingerprint density at radius 3 is 2.69 bits per heavy atom. The molecule has 0 unspecified atom stereocenters. The fourth-order valence-corrected chi connectivity index (χ4v) is 5.07. The summed E-state index contributed by atoms with van der Waals surface area (Å²) in [6.07, 6.45) is 10.7. The highest BCUT2D eigenvalue weighted by Gasteiger charge is 2.39. The first-order valence-corrected chi connectivity index (χ1v) is 15.4. The van der Waals surface area contributed by atoms with Crippen LogP contribution in [0.15, 0.2) is 34.5 Å². The number of hydrogen-bond acceptors (Lipinski definition) is 6. The van der Waals surface area contributed by atoms with Gasteiger partial charge in [0.15, 0.2) is 19.9 Å². The number of aryl methyl sites for hydroxylation is 1. The largest absolute Gasteiger partial charge is 0.480 e. The van der Waals surface area contributed by atoms with E-state index in [9.17, 15) is 14.7 Å². The van der Waals surface area contributed by atoms with Gasteiger partial charge in [0.05, 0.1) is 6.10 Å². The Hall–Kier alpha value is -2.23. The zero-order valence-corrected chi connectivity index (χ0v) is 23.3. The minimum Gasteiger partial charge on any atom is -0.480 e. The Kier molecular flexibility index (Phi) is 10.1. The van der Waals surface area contributed by atoms with E-state index in [1.165, 1.54) is 11.2 Å². The van der Waals surface area contributed by atoms with E-state index >= 15 is 0 Å². The lowest BCUT2D eigenvalue weighted by Crippen LogP contribution is -2.43. The van der Waals surface area contributed by atoms with Crippen molar-refractivity contribution in [1.82, 2.24) is 9.88 Å². The van der Waals surface area contributed by atoms with Crippen LogP contribution in [0.1, 0.15) is 76.7 Å². The van der Waals surface area contributed by atoms with Gasteiger partial charge in [0, 0.05) is 19.0 Å². The number of allylic oxidation sites excluding steroid dienone is 2. The van der Waals surface area contributed by atoms with Crippen LogP contribution < -0.4 is 5.73 Å². The monoisotopic (exact) mass is 505 g/mol. The summed E-state index contributed by atoms with van der Waals surface area (Å²) in [4.78, 5) is 29.9. The SMILES string of the molecule is CC(/C=C/[C@H](C)N)=C\[C@H](CCCc1nc(C(=O)N2CCC[C@@H]2C(=O)O)co1)O[Si](C)(C)C(C)(C)C. The van der Waals surface area contributed by atoms with Gasteiger partial charge < -0.3 is 24.6 Å². The second-order valence-electron chi connectivity index (χ2n) is 11.1. The molecule has 0 aliphatic carbocycles. The van der Waals surface area contributed by atoms with E-state index in [4.69, 9.17) is 14.6 Å².